The van der Waals surface area contributed by atoms with Crippen molar-refractivity contribution in [3.05, 3.63) is 29.8 Å². The van der Waals surface area contributed by atoms with Crippen LogP contribution in [-0.2, 0) is 4.74 Å². The van der Waals surface area contributed by atoms with Gasteiger partial charge >= 0.3 is 0 Å². The van der Waals surface area contributed by atoms with Gasteiger partial charge in [0.25, 0.3) is 0 Å². The van der Waals surface area contributed by atoms with Gasteiger partial charge in [0, 0.05) is 6.54 Å². The summed E-state index contributed by atoms with van der Waals surface area (Å²) < 4.78 is 11.0. The van der Waals surface area contributed by atoms with E-state index in [0.29, 0.717) is 12.6 Å². The van der Waals surface area contributed by atoms with Gasteiger partial charge in [-0.25, -0.2) is 0 Å². The first-order valence-corrected chi connectivity index (χ1v) is 5.35. The number of nitrogens with one attached hydrogen (secondary N) is 1. The number of benzene rings is 1. The van der Waals surface area contributed by atoms with Gasteiger partial charge in [-0.3, -0.25) is 0 Å². The Hall–Kier alpha value is -1.06. The largest absolute Gasteiger partial charge is 0.492 e. The number of rotatable bonds is 3. The molecule has 1 aliphatic heterocycles. The first-order valence-electron chi connectivity index (χ1n) is 5.35. The highest BCUT2D eigenvalue weighted by atomic mass is 16.5. The standard InChI is InChI=1S/C12H17NO2/c1-10-2-4-12(5-3-10)15-9-11-8-14-7-6-13-11/h2-5,11,13H,6-9H2,1H3. The van der Waals surface area contributed by atoms with E-state index in [1.165, 1.54) is 5.56 Å². The van der Waals surface area contributed by atoms with Crippen LogP contribution in [-0.4, -0.2) is 32.4 Å². The van der Waals surface area contributed by atoms with E-state index in [4.69, 9.17) is 9.47 Å². The summed E-state index contributed by atoms with van der Waals surface area (Å²) in [5, 5.41) is 3.35. The van der Waals surface area contributed by atoms with E-state index >= 15 is 0 Å². The molecule has 0 saturated carbocycles. The monoisotopic (exact) mass is 207 g/mol. The molecular formula is C12H17NO2. The summed E-state index contributed by atoms with van der Waals surface area (Å²) in [7, 11) is 0. The molecule has 1 aromatic carbocycles. The van der Waals surface area contributed by atoms with Crippen molar-refractivity contribution in [3.8, 4) is 5.75 Å². The molecule has 0 radical (unpaired) electrons. The maximum atomic E-state index is 5.66. The van der Waals surface area contributed by atoms with Crippen LogP contribution in [0.4, 0.5) is 0 Å². The fourth-order valence-electron chi connectivity index (χ4n) is 1.56. The fourth-order valence-corrected chi connectivity index (χ4v) is 1.56. The molecule has 1 fully saturated rings. The fraction of sp³-hybridized carbons (Fsp3) is 0.500. The Labute approximate surface area is 90.4 Å². The minimum Gasteiger partial charge on any atom is -0.492 e. The Morgan fingerprint density at radius 1 is 1.40 bits per heavy atom. The van der Waals surface area contributed by atoms with Crippen LogP contribution in [0.3, 0.4) is 0 Å². The lowest BCUT2D eigenvalue weighted by atomic mass is 10.2. The maximum absolute atomic E-state index is 5.66. The number of hydrogen-bond donors (Lipinski definition) is 1. The molecule has 3 heteroatoms. The van der Waals surface area contributed by atoms with Gasteiger partial charge in [0.1, 0.15) is 12.4 Å². The third-order valence-corrected chi connectivity index (χ3v) is 2.47. The van der Waals surface area contributed by atoms with Gasteiger partial charge in [0.15, 0.2) is 0 Å². The highest BCUT2D eigenvalue weighted by Gasteiger charge is 2.13. The zero-order chi connectivity index (χ0) is 10.5. The van der Waals surface area contributed by atoms with E-state index in [9.17, 15) is 0 Å². The van der Waals surface area contributed by atoms with Crippen LogP contribution in [0.25, 0.3) is 0 Å². The second-order valence-corrected chi connectivity index (χ2v) is 3.85. The molecule has 1 heterocycles. The van der Waals surface area contributed by atoms with Gasteiger partial charge in [-0.15, -0.1) is 0 Å². The zero-order valence-electron chi connectivity index (χ0n) is 9.03. The van der Waals surface area contributed by atoms with Gasteiger partial charge in [-0.1, -0.05) is 17.7 Å². The average molecular weight is 207 g/mol. The summed E-state index contributed by atoms with van der Waals surface area (Å²) in [6.45, 7) is 5.21. The molecular weight excluding hydrogens is 190 g/mol. The number of morpholine rings is 1. The molecule has 2 rings (SSSR count). The number of aryl methyl sites for hydroxylation is 1. The molecule has 1 saturated heterocycles. The van der Waals surface area contributed by atoms with Crippen molar-refractivity contribution in [2.24, 2.45) is 0 Å². The number of ether oxygens (including phenoxy) is 2. The molecule has 1 atom stereocenters. The van der Waals surface area contributed by atoms with Crippen LogP contribution < -0.4 is 10.1 Å². The summed E-state index contributed by atoms with van der Waals surface area (Å²) >= 11 is 0. The summed E-state index contributed by atoms with van der Waals surface area (Å²) in [4.78, 5) is 0. The molecule has 0 aliphatic carbocycles. The minimum atomic E-state index is 0.319. The van der Waals surface area contributed by atoms with Crippen LogP contribution in [0, 0.1) is 6.92 Å². The van der Waals surface area contributed by atoms with Gasteiger partial charge < -0.3 is 14.8 Å². The van der Waals surface area contributed by atoms with Crippen LogP contribution in [0.5, 0.6) is 5.75 Å². The Morgan fingerprint density at radius 3 is 2.87 bits per heavy atom. The van der Waals surface area contributed by atoms with Gasteiger partial charge in [-0.2, -0.15) is 0 Å². The molecule has 0 spiro atoms. The molecule has 3 nitrogen and oxygen atoms in total. The van der Waals surface area contributed by atoms with E-state index in [2.05, 4.69) is 24.4 Å². The summed E-state index contributed by atoms with van der Waals surface area (Å²) in [6, 6.07) is 8.43. The van der Waals surface area contributed by atoms with Crippen molar-refractivity contribution in [1.29, 1.82) is 0 Å². The van der Waals surface area contributed by atoms with Crippen LogP contribution in [0.15, 0.2) is 24.3 Å². The normalized spacial score (nSPS) is 21.3. The summed E-state index contributed by atoms with van der Waals surface area (Å²) in [5.41, 5.74) is 1.25. The lowest BCUT2D eigenvalue weighted by Gasteiger charge is -2.23. The predicted octanol–water partition coefficient (Wildman–Crippen LogP) is 1.36. The van der Waals surface area contributed by atoms with E-state index in [1.807, 2.05) is 12.1 Å². The Bertz CT molecular complexity index is 291. The Balaban J connectivity index is 1.79. The molecule has 0 amide bonds. The quantitative estimate of drug-likeness (QED) is 0.812. The maximum Gasteiger partial charge on any atom is 0.119 e. The van der Waals surface area contributed by atoms with Crippen LogP contribution in [0.1, 0.15) is 5.56 Å². The first-order chi connectivity index (χ1) is 7.34. The van der Waals surface area contributed by atoms with Crippen molar-refractivity contribution in [2.45, 2.75) is 13.0 Å². The minimum absolute atomic E-state index is 0.319. The molecule has 1 N–H and O–H groups in total. The zero-order valence-corrected chi connectivity index (χ0v) is 9.03. The molecule has 1 aliphatic rings. The average Bonchev–Trinajstić information content (AvgIpc) is 2.30. The smallest absolute Gasteiger partial charge is 0.119 e. The van der Waals surface area contributed by atoms with Crippen molar-refractivity contribution < 1.29 is 9.47 Å². The Kier molecular flexibility index (Phi) is 3.59. The Morgan fingerprint density at radius 2 is 2.20 bits per heavy atom. The topological polar surface area (TPSA) is 30.5 Å². The molecule has 15 heavy (non-hydrogen) atoms. The van der Waals surface area contributed by atoms with Crippen LogP contribution in [0.2, 0.25) is 0 Å². The molecule has 1 aromatic rings. The molecule has 0 aromatic heterocycles. The van der Waals surface area contributed by atoms with Crippen molar-refractivity contribution >= 4 is 0 Å². The second kappa shape index (κ2) is 5.14. The highest BCUT2D eigenvalue weighted by molar-refractivity contribution is 5.26. The third-order valence-electron chi connectivity index (χ3n) is 2.47. The predicted molar refractivity (Wildman–Crippen MR) is 59.3 cm³/mol. The molecule has 1 unspecified atom stereocenters. The summed E-state index contributed by atoms with van der Waals surface area (Å²) in [6.07, 6.45) is 0. The van der Waals surface area contributed by atoms with Gasteiger partial charge in [0.2, 0.25) is 0 Å². The first kappa shape index (κ1) is 10.5. The van der Waals surface area contributed by atoms with Crippen molar-refractivity contribution in [1.82, 2.24) is 5.32 Å². The van der Waals surface area contributed by atoms with E-state index in [-0.39, 0.29) is 0 Å². The van der Waals surface area contributed by atoms with E-state index in [1.54, 1.807) is 0 Å². The highest BCUT2D eigenvalue weighted by Crippen LogP contribution is 2.11. The van der Waals surface area contributed by atoms with Crippen LogP contribution >= 0.6 is 0 Å². The van der Waals surface area contributed by atoms with E-state index in [0.717, 1.165) is 25.5 Å². The lowest BCUT2D eigenvalue weighted by molar-refractivity contribution is 0.0592. The summed E-state index contributed by atoms with van der Waals surface area (Å²) in [5.74, 6) is 0.924. The SMILES string of the molecule is Cc1ccc(OCC2COCCN2)cc1. The third kappa shape index (κ3) is 3.22. The molecule has 0 bridgehead atoms. The van der Waals surface area contributed by atoms with Gasteiger partial charge in [0.05, 0.1) is 19.3 Å². The van der Waals surface area contributed by atoms with E-state index < -0.39 is 0 Å². The molecule has 82 valence electrons. The van der Waals surface area contributed by atoms with Crippen molar-refractivity contribution in [3.63, 3.8) is 0 Å². The lowest BCUT2D eigenvalue weighted by Crippen LogP contribution is -2.44. The van der Waals surface area contributed by atoms with Gasteiger partial charge in [-0.05, 0) is 19.1 Å². The van der Waals surface area contributed by atoms with Crippen molar-refractivity contribution in [2.75, 3.05) is 26.4 Å². The number of hydrogen-bond acceptors (Lipinski definition) is 3. The second-order valence-electron chi connectivity index (χ2n) is 3.85.